The molecule has 3 nitrogen and oxygen atoms in total. The van der Waals surface area contributed by atoms with Gasteiger partial charge in [-0.15, -0.1) is 0 Å². The molecule has 3 rings (SSSR count). The van der Waals surface area contributed by atoms with Crippen LogP contribution in [0.25, 0.3) is 10.9 Å². The molecule has 1 aromatic heterocycles. The molecular weight excluding hydrogens is 338 g/mol. The predicted molar refractivity (Wildman–Crippen MR) is 88.3 cm³/mol. The van der Waals surface area contributed by atoms with Crippen molar-refractivity contribution in [2.24, 2.45) is 11.7 Å². The van der Waals surface area contributed by atoms with Crippen LogP contribution in [0.2, 0.25) is 5.02 Å². The van der Waals surface area contributed by atoms with Crippen LogP contribution in [-0.4, -0.2) is 17.6 Å². The SMILES string of the molecule is NC1CC(CCNc2ccnc3c(Cl)cc(Br)cc23)C1. The monoisotopic (exact) mass is 353 g/mol. The lowest BCUT2D eigenvalue weighted by Gasteiger charge is -2.32. The molecule has 0 spiro atoms. The Balaban J connectivity index is 1.74. The second-order valence-corrected chi connectivity index (χ2v) is 6.78. The van der Waals surface area contributed by atoms with E-state index < -0.39 is 0 Å². The highest BCUT2D eigenvalue weighted by Gasteiger charge is 2.24. The van der Waals surface area contributed by atoms with Gasteiger partial charge >= 0.3 is 0 Å². The van der Waals surface area contributed by atoms with Crippen molar-refractivity contribution in [1.29, 1.82) is 0 Å². The second kappa shape index (κ2) is 5.88. The van der Waals surface area contributed by atoms with Crippen molar-refractivity contribution < 1.29 is 0 Å². The van der Waals surface area contributed by atoms with E-state index in [-0.39, 0.29) is 0 Å². The Labute approximate surface area is 132 Å². The lowest BCUT2D eigenvalue weighted by Crippen LogP contribution is -2.37. The Kier molecular flexibility index (Phi) is 4.15. The van der Waals surface area contributed by atoms with Gasteiger partial charge in [0.15, 0.2) is 0 Å². The molecule has 0 bridgehead atoms. The summed E-state index contributed by atoms with van der Waals surface area (Å²) >= 11 is 9.71. The molecule has 1 aromatic carbocycles. The molecule has 106 valence electrons. The van der Waals surface area contributed by atoms with Gasteiger partial charge in [-0.25, -0.2) is 0 Å². The summed E-state index contributed by atoms with van der Waals surface area (Å²) in [5.41, 5.74) is 7.73. The molecule has 0 aliphatic heterocycles. The zero-order chi connectivity index (χ0) is 14.1. The van der Waals surface area contributed by atoms with Crippen LogP contribution in [0, 0.1) is 5.92 Å². The van der Waals surface area contributed by atoms with Gasteiger partial charge in [0.25, 0.3) is 0 Å². The Morgan fingerprint density at radius 1 is 1.40 bits per heavy atom. The summed E-state index contributed by atoms with van der Waals surface area (Å²) in [4.78, 5) is 4.35. The van der Waals surface area contributed by atoms with E-state index in [1.54, 1.807) is 6.20 Å². The number of benzene rings is 1. The van der Waals surface area contributed by atoms with Crippen LogP contribution in [-0.2, 0) is 0 Å². The fraction of sp³-hybridized carbons (Fsp3) is 0.400. The van der Waals surface area contributed by atoms with Crippen LogP contribution in [0.4, 0.5) is 5.69 Å². The number of halogens is 2. The Morgan fingerprint density at radius 2 is 2.20 bits per heavy atom. The Bertz CT molecular complexity index is 626. The first kappa shape index (κ1) is 14.1. The highest BCUT2D eigenvalue weighted by atomic mass is 79.9. The molecule has 0 atom stereocenters. The maximum absolute atomic E-state index is 6.23. The van der Waals surface area contributed by atoms with Gasteiger partial charge in [-0.1, -0.05) is 27.5 Å². The third-order valence-electron chi connectivity index (χ3n) is 3.90. The lowest BCUT2D eigenvalue weighted by molar-refractivity contribution is 0.255. The number of rotatable bonds is 4. The van der Waals surface area contributed by atoms with Crippen molar-refractivity contribution >= 4 is 44.1 Å². The Morgan fingerprint density at radius 3 is 2.95 bits per heavy atom. The molecule has 20 heavy (non-hydrogen) atoms. The minimum absolute atomic E-state index is 0.427. The maximum atomic E-state index is 6.23. The van der Waals surface area contributed by atoms with E-state index in [0.29, 0.717) is 11.1 Å². The van der Waals surface area contributed by atoms with E-state index in [2.05, 4.69) is 32.3 Å². The van der Waals surface area contributed by atoms with Gasteiger partial charge in [0.1, 0.15) is 0 Å². The summed E-state index contributed by atoms with van der Waals surface area (Å²) in [6, 6.07) is 6.35. The lowest BCUT2D eigenvalue weighted by atomic mass is 9.79. The zero-order valence-electron chi connectivity index (χ0n) is 11.1. The van der Waals surface area contributed by atoms with Gasteiger partial charge in [0.05, 0.1) is 10.5 Å². The second-order valence-electron chi connectivity index (χ2n) is 5.46. The number of hydrogen-bond donors (Lipinski definition) is 2. The number of anilines is 1. The van der Waals surface area contributed by atoms with E-state index >= 15 is 0 Å². The molecule has 0 radical (unpaired) electrons. The molecule has 1 aliphatic rings. The Hall–Kier alpha value is -0.840. The van der Waals surface area contributed by atoms with E-state index in [0.717, 1.165) is 46.4 Å². The molecular formula is C15H17BrClN3. The molecule has 5 heteroatoms. The van der Waals surface area contributed by atoms with Gasteiger partial charge in [0, 0.05) is 34.3 Å². The smallest absolute Gasteiger partial charge is 0.0909 e. The summed E-state index contributed by atoms with van der Waals surface area (Å²) in [7, 11) is 0. The van der Waals surface area contributed by atoms with Crippen molar-refractivity contribution in [3.05, 3.63) is 33.9 Å². The molecule has 0 amide bonds. The van der Waals surface area contributed by atoms with Crippen molar-refractivity contribution in [2.45, 2.75) is 25.3 Å². The minimum atomic E-state index is 0.427. The molecule has 0 unspecified atom stereocenters. The summed E-state index contributed by atoms with van der Waals surface area (Å²) in [6.45, 7) is 0.959. The predicted octanol–water partition coefficient (Wildman–Crippen LogP) is 4.19. The fourth-order valence-corrected chi connectivity index (χ4v) is 3.62. The first-order valence-electron chi connectivity index (χ1n) is 6.86. The van der Waals surface area contributed by atoms with Crippen molar-refractivity contribution in [3.8, 4) is 0 Å². The number of pyridine rings is 1. The summed E-state index contributed by atoms with van der Waals surface area (Å²) < 4.78 is 0.969. The molecule has 3 N–H and O–H groups in total. The molecule has 0 saturated heterocycles. The highest BCUT2D eigenvalue weighted by Crippen LogP contribution is 2.32. The quantitative estimate of drug-likeness (QED) is 0.865. The average molecular weight is 355 g/mol. The number of hydrogen-bond acceptors (Lipinski definition) is 3. The van der Waals surface area contributed by atoms with Gasteiger partial charge in [0.2, 0.25) is 0 Å². The molecule has 1 aliphatic carbocycles. The summed E-state index contributed by atoms with van der Waals surface area (Å²) in [5.74, 6) is 0.779. The first-order chi connectivity index (χ1) is 9.63. The topological polar surface area (TPSA) is 50.9 Å². The number of nitrogens with zero attached hydrogens (tertiary/aromatic N) is 1. The fourth-order valence-electron chi connectivity index (χ4n) is 2.77. The minimum Gasteiger partial charge on any atom is -0.384 e. The van der Waals surface area contributed by atoms with E-state index in [4.69, 9.17) is 17.3 Å². The van der Waals surface area contributed by atoms with Crippen LogP contribution in [0.3, 0.4) is 0 Å². The largest absolute Gasteiger partial charge is 0.384 e. The molecule has 1 saturated carbocycles. The van der Waals surface area contributed by atoms with Crippen molar-refractivity contribution in [1.82, 2.24) is 4.98 Å². The van der Waals surface area contributed by atoms with E-state index in [9.17, 15) is 0 Å². The van der Waals surface area contributed by atoms with Crippen LogP contribution < -0.4 is 11.1 Å². The van der Waals surface area contributed by atoms with Gasteiger partial charge < -0.3 is 11.1 Å². The van der Waals surface area contributed by atoms with E-state index in [1.165, 1.54) is 6.42 Å². The van der Waals surface area contributed by atoms with Gasteiger partial charge in [-0.2, -0.15) is 0 Å². The van der Waals surface area contributed by atoms with Crippen LogP contribution in [0.1, 0.15) is 19.3 Å². The third-order valence-corrected chi connectivity index (χ3v) is 4.65. The van der Waals surface area contributed by atoms with E-state index in [1.807, 2.05) is 12.1 Å². The van der Waals surface area contributed by atoms with Crippen LogP contribution in [0.15, 0.2) is 28.9 Å². The molecule has 2 aromatic rings. The van der Waals surface area contributed by atoms with Gasteiger partial charge in [-0.05, 0) is 43.4 Å². The van der Waals surface area contributed by atoms with Crippen LogP contribution >= 0.6 is 27.5 Å². The number of nitrogens with one attached hydrogen (secondary N) is 1. The first-order valence-corrected chi connectivity index (χ1v) is 8.04. The zero-order valence-corrected chi connectivity index (χ0v) is 13.4. The maximum Gasteiger partial charge on any atom is 0.0909 e. The standard InChI is InChI=1S/C15H17BrClN3/c16-10-7-12-14(2-4-20-15(12)13(17)8-10)19-3-1-9-5-11(18)6-9/h2,4,7-9,11H,1,3,5-6,18H2,(H,19,20). The van der Waals surface area contributed by atoms with Crippen LogP contribution in [0.5, 0.6) is 0 Å². The van der Waals surface area contributed by atoms with Crippen molar-refractivity contribution in [2.75, 3.05) is 11.9 Å². The normalized spacial score (nSPS) is 21.8. The number of aromatic nitrogens is 1. The van der Waals surface area contributed by atoms with Crippen molar-refractivity contribution in [3.63, 3.8) is 0 Å². The number of nitrogens with two attached hydrogens (primary N) is 1. The summed E-state index contributed by atoms with van der Waals surface area (Å²) in [6.07, 6.45) is 5.29. The molecule has 1 fully saturated rings. The molecule has 1 heterocycles. The summed E-state index contributed by atoms with van der Waals surface area (Å²) in [5, 5.41) is 5.22. The average Bonchev–Trinajstić information content (AvgIpc) is 2.37. The third kappa shape index (κ3) is 2.92. The number of fused-ring (bicyclic) bond motifs is 1. The van der Waals surface area contributed by atoms with Gasteiger partial charge in [-0.3, -0.25) is 4.98 Å². The highest BCUT2D eigenvalue weighted by molar-refractivity contribution is 9.10.